The molecule has 1 N–H and O–H groups in total. The van der Waals surface area contributed by atoms with Crippen molar-refractivity contribution in [2.45, 2.75) is 25.9 Å². The summed E-state index contributed by atoms with van der Waals surface area (Å²) in [4.78, 5) is 0. The van der Waals surface area contributed by atoms with Gasteiger partial charge in [0, 0.05) is 6.04 Å². The fraction of sp³-hybridized carbons (Fsp3) is 0.267. The second-order valence-electron chi connectivity index (χ2n) is 4.97. The summed E-state index contributed by atoms with van der Waals surface area (Å²) in [5.41, 5.74) is 2.11. The highest BCUT2D eigenvalue weighted by atomic mass is 16.3. The molecule has 108 valence electrons. The van der Waals surface area contributed by atoms with Gasteiger partial charge in [-0.05, 0) is 54.1 Å². The molecule has 2 unspecified atom stereocenters. The van der Waals surface area contributed by atoms with Crippen LogP contribution in [0.15, 0.2) is 53.4 Å². The maximum atomic E-state index is 5.42. The van der Waals surface area contributed by atoms with Gasteiger partial charge in [0.1, 0.15) is 12.1 Å². The molecule has 0 radical (unpaired) electrons. The van der Waals surface area contributed by atoms with Crippen LogP contribution in [0.25, 0.3) is 5.69 Å². The summed E-state index contributed by atoms with van der Waals surface area (Å²) in [6, 6.07) is 12.3. The Hall–Kier alpha value is -2.47. The molecule has 2 aromatic heterocycles. The largest absolute Gasteiger partial charge is 0.468 e. The fourth-order valence-electron chi connectivity index (χ4n) is 2.31. The van der Waals surface area contributed by atoms with E-state index in [0.717, 1.165) is 11.4 Å². The number of furan rings is 1. The summed E-state index contributed by atoms with van der Waals surface area (Å²) in [5, 5.41) is 14.7. The Balaban J connectivity index is 1.76. The van der Waals surface area contributed by atoms with E-state index in [1.54, 1.807) is 17.3 Å². The van der Waals surface area contributed by atoms with Crippen molar-refractivity contribution in [3.63, 3.8) is 0 Å². The van der Waals surface area contributed by atoms with E-state index in [0.29, 0.717) is 0 Å². The van der Waals surface area contributed by atoms with Crippen LogP contribution in [0.4, 0.5) is 0 Å². The Labute approximate surface area is 122 Å². The molecular formula is C15H17N5O. The SMILES string of the molecule is CC(NC(C)c1ccco1)c1cccc(-n2cnnn2)c1. The van der Waals surface area contributed by atoms with Gasteiger partial charge in [-0.3, -0.25) is 0 Å². The van der Waals surface area contributed by atoms with Crippen LogP contribution < -0.4 is 5.32 Å². The number of hydrogen-bond donors (Lipinski definition) is 1. The average molecular weight is 283 g/mol. The average Bonchev–Trinajstić information content (AvgIpc) is 3.20. The number of hydrogen-bond acceptors (Lipinski definition) is 5. The highest BCUT2D eigenvalue weighted by Gasteiger charge is 2.13. The Morgan fingerprint density at radius 3 is 2.76 bits per heavy atom. The molecule has 0 aliphatic heterocycles. The smallest absolute Gasteiger partial charge is 0.143 e. The molecular weight excluding hydrogens is 266 g/mol. The zero-order valence-electron chi connectivity index (χ0n) is 12.0. The summed E-state index contributed by atoms with van der Waals surface area (Å²) in [5.74, 6) is 0.929. The number of benzene rings is 1. The molecule has 0 aliphatic rings. The first-order chi connectivity index (χ1) is 10.2. The number of nitrogens with zero attached hydrogens (tertiary/aromatic N) is 4. The maximum Gasteiger partial charge on any atom is 0.143 e. The van der Waals surface area contributed by atoms with Crippen molar-refractivity contribution in [3.8, 4) is 5.69 Å². The van der Waals surface area contributed by atoms with Gasteiger partial charge in [0.25, 0.3) is 0 Å². The summed E-state index contributed by atoms with van der Waals surface area (Å²) in [6.07, 6.45) is 3.28. The standard InChI is InChI=1S/C15H17N5O/c1-11(17-12(2)15-7-4-8-21-15)13-5-3-6-14(9-13)20-10-16-18-19-20/h3-12,17H,1-2H3. The quantitative estimate of drug-likeness (QED) is 0.779. The molecule has 0 amide bonds. The van der Waals surface area contributed by atoms with Crippen molar-refractivity contribution < 1.29 is 4.42 Å². The van der Waals surface area contributed by atoms with Crippen molar-refractivity contribution in [2.75, 3.05) is 0 Å². The minimum atomic E-state index is 0.145. The van der Waals surface area contributed by atoms with Crippen molar-refractivity contribution >= 4 is 0 Å². The lowest BCUT2D eigenvalue weighted by atomic mass is 10.1. The lowest BCUT2D eigenvalue weighted by Crippen LogP contribution is -2.22. The topological polar surface area (TPSA) is 68.8 Å². The normalized spacial score (nSPS) is 14.0. The van der Waals surface area contributed by atoms with Gasteiger partial charge in [0.15, 0.2) is 0 Å². The summed E-state index contributed by atoms with van der Waals surface area (Å²) in [7, 11) is 0. The second-order valence-corrected chi connectivity index (χ2v) is 4.97. The molecule has 0 bridgehead atoms. The monoisotopic (exact) mass is 283 g/mol. The van der Waals surface area contributed by atoms with Crippen LogP contribution in [0, 0.1) is 0 Å². The van der Waals surface area contributed by atoms with Crippen LogP contribution in [-0.4, -0.2) is 20.2 Å². The third kappa shape index (κ3) is 3.00. The molecule has 3 rings (SSSR count). The van der Waals surface area contributed by atoms with Gasteiger partial charge in [0.05, 0.1) is 18.0 Å². The van der Waals surface area contributed by atoms with Gasteiger partial charge < -0.3 is 9.73 Å². The van der Waals surface area contributed by atoms with Crippen LogP contribution in [0.1, 0.15) is 37.3 Å². The highest BCUT2D eigenvalue weighted by molar-refractivity contribution is 5.35. The molecule has 2 atom stereocenters. The van der Waals surface area contributed by atoms with E-state index in [9.17, 15) is 0 Å². The molecule has 6 nitrogen and oxygen atoms in total. The van der Waals surface area contributed by atoms with Gasteiger partial charge in [0.2, 0.25) is 0 Å². The zero-order valence-corrected chi connectivity index (χ0v) is 12.0. The third-order valence-electron chi connectivity index (χ3n) is 3.45. The predicted molar refractivity (Wildman–Crippen MR) is 77.8 cm³/mol. The Morgan fingerprint density at radius 2 is 2.05 bits per heavy atom. The molecule has 3 aromatic rings. The first-order valence-corrected chi connectivity index (χ1v) is 6.87. The molecule has 0 aliphatic carbocycles. The number of aromatic nitrogens is 4. The van der Waals surface area contributed by atoms with E-state index in [1.165, 1.54) is 5.56 Å². The van der Waals surface area contributed by atoms with Gasteiger partial charge in [-0.25, -0.2) is 4.68 Å². The summed E-state index contributed by atoms with van der Waals surface area (Å²) < 4.78 is 7.07. The predicted octanol–water partition coefficient (Wildman–Crippen LogP) is 2.67. The van der Waals surface area contributed by atoms with Crippen LogP contribution in [0.3, 0.4) is 0 Å². The van der Waals surface area contributed by atoms with E-state index >= 15 is 0 Å². The number of nitrogens with one attached hydrogen (secondary N) is 1. The number of tetrazole rings is 1. The van der Waals surface area contributed by atoms with Crippen LogP contribution in [0.5, 0.6) is 0 Å². The lowest BCUT2D eigenvalue weighted by Gasteiger charge is -2.19. The molecule has 0 fully saturated rings. The maximum absolute atomic E-state index is 5.42. The minimum absolute atomic E-state index is 0.145. The van der Waals surface area contributed by atoms with Crippen LogP contribution in [-0.2, 0) is 0 Å². The molecule has 1 aromatic carbocycles. The fourth-order valence-corrected chi connectivity index (χ4v) is 2.31. The van der Waals surface area contributed by atoms with E-state index in [2.05, 4.69) is 46.8 Å². The molecule has 2 heterocycles. The van der Waals surface area contributed by atoms with E-state index in [-0.39, 0.29) is 12.1 Å². The summed E-state index contributed by atoms with van der Waals surface area (Å²) >= 11 is 0. The first-order valence-electron chi connectivity index (χ1n) is 6.87. The van der Waals surface area contributed by atoms with Crippen LogP contribution in [0.2, 0.25) is 0 Å². The van der Waals surface area contributed by atoms with Gasteiger partial charge in [-0.2, -0.15) is 0 Å². The van der Waals surface area contributed by atoms with Crippen LogP contribution >= 0.6 is 0 Å². The van der Waals surface area contributed by atoms with Crippen molar-refractivity contribution in [1.82, 2.24) is 25.5 Å². The number of rotatable bonds is 5. The Kier molecular flexibility index (Phi) is 3.79. The Morgan fingerprint density at radius 1 is 1.14 bits per heavy atom. The molecule has 21 heavy (non-hydrogen) atoms. The van der Waals surface area contributed by atoms with Gasteiger partial charge >= 0.3 is 0 Å². The van der Waals surface area contributed by atoms with Gasteiger partial charge in [-0.1, -0.05) is 12.1 Å². The minimum Gasteiger partial charge on any atom is -0.468 e. The van der Waals surface area contributed by atoms with Crippen molar-refractivity contribution in [2.24, 2.45) is 0 Å². The molecule has 0 saturated heterocycles. The molecule has 6 heteroatoms. The van der Waals surface area contributed by atoms with E-state index in [4.69, 9.17) is 4.42 Å². The van der Waals surface area contributed by atoms with Crippen molar-refractivity contribution in [3.05, 3.63) is 60.3 Å². The van der Waals surface area contributed by atoms with Gasteiger partial charge in [-0.15, -0.1) is 5.10 Å². The third-order valence-corrected chi connectivity index (χ3v) is 3.45. The van der Waals surface area contributed by atoms with Crippen molar-refractivity contribution in [1.29, 1.82) is 0 Å². The first kappa shape index (κ1) is 13.5. The Bertz CT molecular complexity index is 678. The summed E-state index contributed by atoms with van der Waals surface area (Å²) in [6.45, 7) is 4.21. The molecule has 0 saturated carbocycles. The second kappa shape index (κ2) is 5.88. The zero-order chi connectivity index (χ0) is 14.7. The molecule has 0 spiro atoms. The van der Waals surface area contributed by atoms with E-state index in [1.807, 2.05) is 24.3 Å². The highest BCUT2D eigenvalue weighted by Crippen LogP contribution is 2.21. The lowest BCUT2D eigenvalue weighted by molar-refractivity contribution is 0.403. The van der Waals surface area contributed by atoms with E-state index < -0.39 is 0 Å².